The van der Waals surface area contributed by atoms with Crippen molar-refractivity contribution in [1.29, 1.82) is 0 Å². The number of amides is 2. The number of nitrogens with one attached hydrogen (secondary N) is 1. The topological polar surface area (TPSA) is 62.3 Å². The fraction of sp³-hybridized carbons (Fsp3) is 0.227. The van der Waals surface area contributed by atoms with Gasteiger partial charge in [0.05, 0.1) is 12.1 Å². The van der Waals surface area contributed by atoms with Crippen LogP contribution in [0.2, 0.25) is 0 Å². The molecule has 0 spiro atoms. The molecule has 0 radical (unpaired) electrons. The molecule has 0 atom stereocenters. The number of carbonyl (C=O) groups excluding carboxylic acids is 2. The highest BCUT2D eigenvalue weighted by atomic mass is 32.1. The van der Waals surface area contributed by atoms with Crippen molar-refractivity contribution in [2.24, 2.45) is 0 Å². The molecular formula is C22H21N3O2S. The molecule has 6 heteroatoms. The predicted molar refractivity (Wildman–Crippen MR) is 113 cm³/mol. The molecule has 2 amide bonds. The Bertz CT molecular complexity index is 1030. The van der Waals surface area contributed by atoms with Crippen molar-refractivity contribution in [2.45, 2.75) is 26.2 Å². The van der Waals surface area contributed by atoms with Crippen LogP contribution in [0.4, 0.5) is 11.4 Å². The Balaban J connectivity index is 1.50. The lowest BCUT2D eigenvalue weighted by atomic mass is 10.0. The van der Waals surface area contributed by atoms with E-state index < -0.39 is 0 Å². The summed E-state index contributed by atoms with van der Waals surface area (Å²) in [6.45, 7) is 2.24. The molecular weight excluding hydrogens is 370 g/mol. The van der Waals surface area contributed by atoms with Gasteiger partial charge in [0.1, 0.15) is 5.01 Å². The first-order chi connectivity index (χ1) is 13.6. The Morgan fingerprint density at radius 2 is 2.04 bits per heavy atom. The number of fused-ring (bicyclic) bond motifs is 1. The van der Waals surface area contributed by atoms with Gasteiger partial charge >= 0.3 is 0 Å². The first-order valence-corrected chi connectivity index (χ1v) is 10.2. The number of para-hydroxylation sites is 1. The molecule has 2 heterocycles. The molecule has 3 aromatic rings. The minimum absolute atomic E-state index is 0.0796. The third-order valence-corrected chi connectivity index (χ3v) is 5.67. The fourth-order valence-corrected chi connectivity index (χ4v) is 4.31. The summed E-state index contributed by atoms with van der Waals surface area (Å²) in [5, 5.41) is 5.56. The van der Waals surface area contributed by atoms with Crippen LogP contribution >= 0.6 is 11.3 Å². The van der Waals surface area contributed by atoms with Crippen LogP contribution in [0.5, 0.6) is 0 Å². The number of rotatable bonds is 4. The first-order valence-electron chi connectivity index (χ1n) is 9.31. The number of benzene rings is 2. The van der Waals surface area contributed by atoms with E-state index in [-0.39, 0.29) is 18.2 Å². The third-order valence-electron chi connectivity index (χ3n) is 4.73. The van der Waals surface area contributed by atoms with Crippen molar-refractivity contribution in [3.8, 4) is 10.6 Å². The zero-order valence-electron chi connectivity index (χ0n) is 15.6. The summed E-state index contributed by atoms with van der Waals surface area (Å²) in [7, 11) is 0. The van der Waals surface area contributed by atoms with Crippen LogP contribution in [-0.2, 0) is 22.4 Å². The summed E-state index contributed by atoms with van der Waals surface area (Å²) in [4.78, 5) is 30.7. The van der Waals surface area contributed by atoms with Gasteiger partial charge < -0.3 is 10.2 Å². The van der Waals surface area contributed by atoms with Gasteiger partial charge in [-0.2, -0.15) is 0 Å². The monoisotopic (exact) mass is 391 g/mol. The van der Waals surface area contributed by atoms with Gasteiger partial charge in [0, 0.05) is 35.8 Å². The Morgan fingerprint density at radius 1 is 1.18 bits per heavy atom. The van der Waals surface area contributed by atoms with Crippen LogP contribution in [0.15, 0.2) is 53.9 Å². The third kappa shape index (κ3) is 3.97. The molecule has 1 aromatic heterocycles. The van der Waals surface area contributed by atoms with E-state index in [9.17, 15) is 9.59 Å². The van der Waals surface area contributed by atoms with E-state index in [1.54, 1.807) is 0 Å². The SMILES string of the molecule is CC(=O)Nc1cccc(-c2nc(CC(=O)N3CCCc4ccccc43)cs2)c1. The maximum Gasteiger partial charge on any atom is 0.233 e. The zero-order valence-corrected chi connectivity index (χ0v) is 16.5. The highest BCUT2D eigenvalue weighted by molar-refractivity contribution is 7.13. The molecule has 5 nitrogen and oxygen atoms in total. The molecule has 0 fully saturated rings. The van der Waals surface area contributed by atoms with Crippen molar-refractivity contribution < 1.29 is 9.59 Å². The molecule has 142 valence electrons. The van der Waals surface area contributed by atoms with Gasteiger partial charge in [-0.15, -0.1) is 11.3 Å². The van der Waals surface area contributed by atoms with Gasteiger partial charge in [0.25, 0.3) is 0 Å². The van der Waals surface area contributed by atoms with Gasteiger partial charge in [-0.25, -0.2) is 4.98 Å². The van der Waals surface area contributed by atoms with Gasteiger partial charge in [-0.1, -0.05) is 30.3 Å². The largest absolute Gasteiger partial charge is 0.326 e. The average Bonchev–Trinajstić information content (AvgIpc) is 3.16. The molecule has 0 saturated heterocycles. The summed E-state index contributed by atoms with van der Waals surface area (Å²) in [5.74, 6) is -0.0274. The quantitative estimate of drug-likeness (QED) is 0.722. The Kier molecular flexibility index (Phi) is 5.21. The van der Waals surface area contributed by atoms with E-state index in [0.29, 0.717) is 0 Å². The summed E-state index contributed by atoms with van der Waals surface area (Å²) in [5.41, 5.74) is 4.70. The normalized spacial score (nSPS) is 13.1. The molecule has 0 unspecified atom stereocenters. The lowest BCUT2D eigenvalue weighted by molar-refractivity contribution is -0.118. The molecule has 0 bridgehead atoms. The number of carbonyl (C=O) groups is 2. The second kappa shape index (κ2) is 7.94. The molecule has 4 rings (SSSR count). The first kappa shape index (κ1) is 18.4. The van der Waals surface area contributed by atoms with E-state index in [1.807, 2.05) is 52.7 Å². The average molecular weight is 391 g/mol. The van der Waals surface area contributed by atoms with E-state index in [4.69, 9.17) is 0 Å². The smallest absolute Gasteiger partial charge is 0.233 e. The van der Waals surface area contributed by atoms with Crippen LogP contribution in [0.3, 0.4) is 0 Å². The molecule has 0 saturated carbocycles. The van der Waals surface area contributed by atoms with Crippen LogP contribution in [0, 0.1) is 0 Å². The van der Waals surface area contributed by atoms with Gasteiger partial charge in [-0.3, -0.25) is 9.59 Å². The van der Waals surface area contributed by atoms with Gasteiger partial charge in [-0.05, 0) is 36.6 Å². The maximum atomic E-state index is 12.9. The highest BCUT2D eigenvalue weighted by Crippen LogP contribution is 2.29. The van der Waals surface area contributed by atoms with Crippen LogP contribution in [0.1, 0.15) is 24.6 Å². The van der Waals surface area contributed by atoms with Crippen LogP contribution < -0.4 is 10.2 Å². The van der Waals surface area contributed by atoms with E-state index in [2.05, 4.69) is 16.4 Å². The lowest BCUT2D eigenvalue weighted by Crippen LogP contribution is -2.36. The minimum Gasteiger partial charge on any atom is -0.326 e. The summed E-state index contributed by atoms with van der Waals surface area (Å²) >= 11 is 1.51. The van der Waals surface area contributed by atoms with E-state index in [0.717, 1.165) is 47.0 Å². The minimum atomic E-state index is -0.107. The summed E-state index contributed by atoms with van der Waals surface area (Å²) < 4.78 is 0. The summed E-state index contributed by atoms with van der Waals surface area (Å²) in [6, 6.07) is 15.7. The van der Waals surface area contributed by atoms with Crippen molar-refractivity contribution in [3.05, 3.63) is 65.2 Å². The van der Waals surface area contributed by atoms with Crippen LogP contribution in [0.25, 0.3) is 10.6 Å². The lowest BCUT2D eigenvalue weighted by Gasteiger charge is -2.29. The van der Waals surface area contributed by atoms with Crippen molar-refractivity contribution >= 4 is 34.5 Å². The van der Waals surface area contributed by atoms with Crippen molar-refractivity contribution in [2.75, 3.05) is 16.8 Å². The van der Waals surface area contributed by atoms with E-state index >= 15 is 0 Å². The molecule has 1 aliphatic rings. The number of hydrogen-bond donors (Lipinski definition) is 1. The second-order valence-corrected chi connectivity index (χ2v) is 7.72. The van der Waals surface area contributed by atoms with Crippen molar-refractivity contribution in [1.82, 2.24) is 4.98 Å². The second-order valence-electron chi connectivity index (χ2n) is 6.86. The number of anilines is 2. The Hall–Kier alpha value is -2.99. The predicted octanol–water partition coefficient (Wildman–Crippen LogP) is 4.29. The number of thiazole rings is 1. The standard InChI is InChI=1S/C22H21N3O2S/c1-15(26)23-18-9-4-7-17(12-18)22-24-19(14-28-22)13-21(27)25-11-5-8-16-6-2-3-10-20(16)25/h2-4,6-7,9-10,12,14H,5,8,11,13H2,1H3,(H,23,26). The van der Waals surface area contributed by atoms with Gasteiger partial charge in [0.2, 0.25) is 11.8 Å². The number of aryl methyl sites for hydroxylation is 1. The fourth-order valence-electron chi connectivity index (χ4n) is 3.50. The number of aromatic nitrogens is 1. The van der Waals surface area contributed by atoms with Gasteiger partial charge in [0.15, 0.2) is 0 Å². The Morgan fingerprint density at radius 3 is 2.89 bits per heavy atom. The van der Waals surface area contributed by atoms with Crippen molar-refractivity contribution in [3.63, 3.8) is 0 Å². The maximum absolute atomic E-state index is 12.9. The zero-order chi connectivity index (χ0) is 19.5. The molecule has 28 heavy (non-hydrogen) atoms. The molecule has 1 aliphatic heterocycles. The molecule has 2 aromatic carbocycles. The Labute approximate surface area is 168 Å². The summed E-state index contributed by atoms with van der Waals surface area (Å²) in [6.07, 6.45) is 2.29. The number of hydrogen-bond acceptors (Lipinski definition) is 4. The van der Waals surface area contributed by atoms with Crippen LogP contribution in [-0.4, -0.2) is 23.3 Å². The molecule has 1 N–H and O–H groups in total. The molecule has 0 aliphatic carbocycles. The highest BCUT2D eigenvalue weighted by Gasteiger charge is 2.23. The number of nitrogens with zero attached hydrogens (tertiary/aromatic N) is 2. The van der Waals surface area contributed by atoms with E-state index in [1.165, 1.54) is 23.8 Å².